The molecule has 0 saturated carbocycles. The number of nitrogens with zero attached hydrogens (tertiary/aromatic N) is 6. The van der Waals surface area contributed by atoms with Crippen LogP contribution in [0.2, 0.25) is 0 Å². The number of aryl methyl sites for hydroxylation is 1. The third-order valence-electron chi connectivity index (χ3n) is 6.10. The number of rotatable bonds is 7. The smallest absolute Gasteiger partial charge is 0.271 e. The summed E-state index contributed by atoms with van der Waals surface area (Å²) in [5, 5.41) is 6.20. The van der Waals surface area contributed by atoms with E-state index in [1.807, 2.05) is 35.9 Å². The molecule has 1 fully saturated rings. The summed E-state index contributed by atoms with van der Waals surface area (Å²) in [5.41, 5.74) is 10.1. The number of benzene rings is 1. The highest BCUT2D eigenvalue weighted by molar-refractivity contribution is 5.99. The number of carbonyl (C=O) groups is 1. The van der Waals surface area contributed by atoms with E-state index in [-0.39, 0.29) is 11.5 Å². The van der Waals surface area contributed by atoms with Crippen molar-refractivity contribution in [2.24, 2.45) is 12.8 Å². The number of pyridine rings is 1. The predicted molar refractivity (Wildman–Crippen MR) is 132 cm³/mol. The number of hydrogen-bond donors (Lipinski definition) is 3. The van der Waals surface area contributed by atoms with Crippen LogP contribution >= 0.6 is 0 Å². The molecule has 0 spiro atoms. The molecule has 0 unspecified atom stereocenters. The first-order valence-electron chi connectivity index (χ1n) is 11.3. The Kier molecular flexibility index (Phi) is 6.00. The molecule has 0 radical (unpaired) electrons. The lowest BCUT2D eigenvalue weighted by molar-refractivity contribution is 0.0996. The van der Waals surface area contributed by atoms with Crippen molar-refractivity contribution in [3.63, 3.8) is 0 Å². The Labute approximate surface area is 201 Å². The minimum atomic E-state index is -0.744. The van der Waals surface area contributed by atoms with Crippen LogP contribution in [0.15, 0.2) is 43.0 Å². The van der Waals surface area contributed by atoms with Crippen LogP contribution in [0.5, 0.6) is 0 Å². The van der Waals surface area contributed by atoms with E-state index in [1.54, 1.807) is 25.8 Å². The van der Waals surface area contributed by atoms with Crippen LogP contribution in [0.3, 0.4) is 0 Å². The highest BCUT2D eigenvalue weighted by atomic mass is 19.1. The molecule has 1 atom stereocenters. The quantitative estimate of drug-likeness (QED) is 0.372. The van der Waals surface area contributed by atoms with E-state index in [0.29, 0.717) is 42.1 Å². The highest BCUT2D eigenvalue weighted by Crippen LogP contribution is 2.32. The van der Waals surface area contributed by atoms with E-state index < -0.39 is 12.1 Å². The lowest BCUT2D eigenvalue weighted by atomic mass is 10.1. The summed E-state index contributed by atoms with van der Waals surface area (Å²) in [7, 11) is 3.60. The van der Waals surface area contributed by atoms with Crippen LogP contribution < -0.4 is 16.4 Å². The van der Waals surface area contributed by atoms with Crippen molar-refractivity contribution in [1.29, 1.82) is 0 Å². The van der Waals surface area contributed by atoms with Crippen LogP contribution in [0.1, 0.15) is 22.5 Å². The second kappa shape index (κ2) is 9.26. The van der Waals surface area contributed by atoms with Gasteiger partial charge in [0.15, 0.2) is 17.3 Å². The van der Waals surface area contributed by atoms with E-state index in [0.717, 1.165) is 23.3 Å². The molecule has 1 amide bonds. The molecule has 0 aliphatic carbocycles. The monoisotopic (exact) mass is 475 g/mol. The maximum Gasteiger partial charge on any atom is 0.271 e. The normalized spacial score (nSPS) is 16.0. The number of halogens is 1. The average molecular weight is 476 g/mol. The number of likely N-dealkylation sites (tertiary alicyclic amines) is 1. The minimum absolute atomic E-state index is 0.00191. The van der Waals surface area contributed by atoms with Crippen LogP contribution in [0, 0.1) is 0 Å². The number of primary amides is 1. The molecule has 1 aromatic carbocycles. The summed E-state index contributed by atoms with van der Waals surface area (Å²) < 4.78 is 15.3. The third kappa shape index (κ3) is 4.50. The van der Waals surface area contributed by atoms with Gasteiger partial charge in [0.2, 0.25) is 0 Å². The molecule has 4 aromatic rings. The summed E-state index contributed by atoms with van der Waals surface area (Å²) >= 11 is 0. The number of aromatic nitrogens is 5. The fraction of sp³-hybridized carbons (Fsp3) is 0.292. The second-order valence-electron chi connectivity index (χ2n) is 8.59. The number of fused-ring (bicyclic) bond motifs is 1. The van der Waals surface area contributed by atoms with E-state index >= 15 is 0 Å². The van der Waals surface area contributed by atoms with Gasteiger partial charge >= 0.3 is 0 Å². The number of nitrogens with two attached hydrogens (primary N) is 1. The van der Waals surface area contributed by atoms with Crippen molar-refractivity contribution in [3.8, 4) is 11.3 Å². The van der Waals surface area contributed by atoms with Gasteiger partial charge in [0.25, 0.3) is 5.91 Å². The fourth-order valence-electron chi connectivity index (χ4n) is 4.29. The molecule has 11 heteroatoms. The van der Waals surface area contributed by atoms with Crippen molar-refractivity contribution in [3.05, 3.63) is 54.2 Å². The van der Waals surface area contributed by atoms with Gasteiger partial charge in [0.1, 0.15) is 17.4 Å². The summed E-state index contributed by atoms with van der Waals surface area (Å²) in [4.78, 5) is 32.4. The SMILES string of the molecule is CNc1nc(Nc2ccc(CN3CC[C@@H](F)C3)cc2)c(C(N)=O)nc1-c1cncc2c1ncn2C. The molecule has 1 aliphatic rings. The molecule has 180 valence electrons. The molecule has 4 heterocycles. The van der Waals surface area contributed by atoms with Crippen molar-refractivity contribution in [2.75, 3.05) is 30.8 Å². The summed E-state index contributed by atoms with van der Waals surface area (Å²) in [5.74, 6) is -0.0281. The number of carbonyl (C=O) groups excluding carboxylic acids is 1. The largest absolute Gasteiger partial charge is 0.371 e. The molecule has 4 N–H and O–H groups in total. The Morgan fingerprint density at radius 3 is 2.69 bits per heavy atom. The number of imidazole rings is 1. The van der Waals surface area contributed by atoms with Crippen molar-refractivity contribution in [2.45, 2.75) is 19.1 Å². The number of hydrogen-bond acceptors (Lipinski definition) is 8. The zero-order valence-electron chi connectivity index (χ0n) is 19.5. The summed E-state index contributed by atoms with van der Waals surface area (Å²) in [6.45, 7) is 1.93. The van der Waals surface area contributed by atoms with E-state index in [2.05, 4.69) is 35.5 Å². The Morgan fingerprint density at radius 2 is 2.00 bits per heavy atom. The zero-order chi connectivity index (χ0) is 24.5. The molecular weight excluding hydrogens is 449 g/mol. The number of amides is 1. The lowest BCUT2D eigenvalue weighted by Gasteiger charge is -2.16. The maximum absolute atomic E-state index is 13.4. The van der Waals surface area contributed by atoms with Gasteiger partial charge in [-0.2, -0.15) is 0 Å². The topological polar surface area (TPSA) is 127 Å². The maximum atomic E-state index is 13.4. The van der Waals surface area contributed by atoms with E-state index in [1.165, 1.54) is 0 Å². The second-order valence-corrected chi connectivity index (χ2v) is 8.59. The summed E-state index contributed by atoms with van der Waals surface area (Å²) in [6, 6.07) is 7.70. The molecular formula is C24H26FN9O. The van der Waals surface area contributed by atoms with E-state index in [4.69, 9.17) is 5.73 Å². The van der Waals surface area contributed by atoms with Crippen LogP contribution in [0.25, 0.3) is 22.3 Å². The van der Waals surface area contributed by atoms with Crippen molar-refractivity contribution < 1.29 is 9.18 Å². The van der Waals surface area contributed by atoms with Gasteiger partial charge in [0, 0.05) is 45.6 Å². The highest BCUT2D eigenvalue weighted by Gasteiger charge is 2.22. The first kappa shape index (κ1) is 22.7. The van der Waals surface area contributed by atoms with Crippen LogP contribution in [-0.2, 0) is 13.6 Å². The Hall–Kier alpha value is -4.12. The van der Waals surface area contributed by atoms with Gasteiger partial charge in [-0.3, -0.25) is 14.7 Å². The zero-order valence-corrected chi connectivity index (χ0v) is 19.5. The Morgan fingerprint density at radius 1 is 1.20 bits per heavy atom. The van der Waals surface area contributed by atoms with E-state index in [9.17, 15) is 9.18 Å². The van der Waals surface area contributed by atoms with Gasteiger partial charge in [-0.05, 0) is 24.1 Å². The van der Waals surface area contributed by atoms with Crippen LogP contribution in [0.4, 0.5) is 21.7 Å². The van der Waals surface area contributed by atoms with Crippen LogP contribution in [-0.4, -0.2) is 61.6 Å². The lowest BCUT2D eigenvalue weighted by Crippen LogP contribution is -2.20. The molecule has 0 bridgehead atoms. The Balaban J connectivity index is 1.46. The number of alkyl halides is 1. The van der Waals surface area contributed by atoms with Gasteiger partial charge in [-0.1, -0.05) is 12.1 Å². The Bertz CT molecular complexity index is 1390. The predicted octanol–water partition coefficient (Wildman–Crippen LogP) is 2.85. The minimum Gasteiger partial charge on any atom is -0.371 e. The first-order chi connectivity index (χ1) is 16.9. The average Bonchev–Trinajstić information content (AvgIpc) is 3.44. The number of nitrogens with one attached hydrogen (secondary N) is 2. The van der Waals surface area contributed by atoms with Crippen molar-refractivity contribution >= 4 is 34.3 Å². The molecule has 10 nitrogen and oxygen atoms in total. The van der Waals surface area contributed by atoms with Crippen molar-refractivity contribution in [1.82, 2.24) is 29.4 Å². The standard InChI is InChI=1S/C24H26FN9O/c1-27-23-20(17-9-28-10-18-19(17)29-13-33(18)2)31-21(22(26)35)24(32-23)30-16-5-3-14(4-6-16)11-34-8-7-15(25)12-34/h3-6,9-10,13,15H,7-8,11-12H2,1-2H3,(H2,26,35)(H2,27,30,32)/t15-/m1/s1. The third-order valence-corrected chi connectivity index (χ3v) is 6.10. The molecule has 1 saturated heterocycles. The fourth-order valence-corrected chi connectivity index (χ4v) is 4.29. The van der Waals surface area contributed by atoms with Gasteiger partial charge < -0.3 is 20.9 Å². The number of anilines is 3. The molecule has 3 aromatic heterocycles. The van der Waals surface area contributed by atoms with Gasteiger partial charge in [-0.15, -0.1) is 0 Å². The first-order valence-corrected chi connectivity index (χ1v) is 11.3. The molecule has 5 rings (SSSR count). The summed E-state index contributed by atoms with van der Waals surface area (Å²) in [6.07, 6.45) is 4.89. The van der Waals surface area contributed by atoms with Gasteiger partial charge in [-0.25, -0.2) is 19.3 Å². The molecule has 1 aliphatic heterocycles. The van der Waals surface area contributed by atoms with Gasteiger partial charge in [0.05, 0.1) is 23.6 Å². The molecule has 35 heavy (non-hydrogen) atoms.